The van der Waals surface area contributed by atoms with Gasteiger partial charge in [0.05, 0.1) is 12.7 Å². The zero-order valence-electron chi connectivity index (χ0n) is 14.6. The molecule has 1 unspecified atom stereocenters. The predicted molar refractivity (Wildman–Crippen MR) is 91.1 cm³/mol. The molecule has 1 fully saturated rings. The molecular formula is C19H30O4. The standard InChI is InChI=1S/C19H30O4/c1-4-19(2,3)15-5-7-17(8-6-15)22-13-16(20)14-23-18-9-11-21-12-10-18/h5-8,16,18,20H,4,9-14H2,1-3H3. The lowest BCUT2D eigenvalue weighted by molar-refractivity contribution is -0.0659. The second-order valence-corrected chi connectivity index (χ2v) is 6.87. The number of aliphatic hydroxyl groups excluding tert-OH is 1. The van der Waals surface area contributed by atoms with Crippen LogP contribution in [0.1, 0.15) is 45.6 Å². The van der Waals surface area contributed by atoms with Gasteiger partial charge in [0.2, 0.25) is 0 Å². The lowest BCUT2D eigenvalue weighted by Gasteiger charge is -2.24. The van der Waals surface area contributed by atoms with Crippen LogP contribution in [-0.4, -0.2) is 43.7 Å². The highest BCUT2D eigenvalue weighted by Crippen LogP contribution is 2.28. The van der Waals surface area contributed by atoms with Crippen LogP contribution >= 0.6 is 0 Å². The van der Waals surface area contributed by atoms with Gasteiger partial charge in [0.25, 0.3) is 0 Å². The largest absolute Gasteiger partial charge is 0.491 e. The molecule has 0 radical (unpaired) electrons. The minimum absolute atomic E-state index is 0.176. The number of ether oxygens (including phenoxy) is 3. The van der Waals surface area contributed by atoms with E-state index in [-0.39, 0.29) is 18.1 Å². The van der Waals surface area contributed by atoms with Crippen molar-refractivity contribution in [3.05, 3.63) is 29.8 Å². The van der Waals surface area contributed by atoms with Crippen LogP contribution in [0.15, 0.2) is 24.3 Å². The van der Waals surface area contributed by atoms with Crippen molar-refractivity contribution in [1.29, 1.82) is 0 Å². The second-order valence-electron chi connectivity index (χ2n) is 6.87. The molecule has 0 aromatic heterocycles. The average Bonchev–Trinajstić information content (AvgIpc) is 2.59. The fraction of sp³-hybridized carbons (Fsp3) is 0.684. The highest BCUT2D eigenvalue weighted by Gasteiger charge is 2.18. The van der Waals surface area contributed by atoms with Gasteiger partial charge in [-0.25, -0.2) is 0 Å². The van der Waals surface area contributed by atoms with Crippen LogP contribution in [0.25, 0.3) is 0 Å². The topological polar surface area (TPSA) is 47.9 Å². The van der Waals surface area contributed by atoms with Crippen LogP contribution in [0.3, 0.4) is 0 Å². The maximum Gasteiger partial charge on any atom is 0.119 e. The molecule has 1 aliphatic rings. The molecule has 0 spiro atoms. The Hall–Kier alpha value is -1.10. The fourth-order valence-electron chi connectivity index (χ4n) is 2.54. The summed E-state index contributed by atoms with van der Waals surface area (Å²) in [6.07, 6.45) is 2.50. The van der Waals surface area contributed by atoms with E-state index in [2.05, 4.69) is 32.9 Å². The SMILES string of the molecule is CCC(C)(C)c1ccc(OCC(O)COC2CCOCC2)cc1. The third-order valence-corrected chi connectivity index (χ3v) is 4.65. The molecule has 4 nitrogen and oxygen atoms in total. The van der Waals surface area contributed by atoms with E-state index in [1.165, 1.54) is 5.56 Å². The van der Waals surface area contributed by atoms with Crippen molar-refractivity contribution < 1.29 is 19.3 Å². The van der Waals surface area contributed by atoms with Crippen LogP contribution in [0, 0.1) is 0 Å². The fourth-order valence-corrected chi connectivity index (χ4v) is 2.54. The van der Waals surface area contributed by atoms with Crippen LogP contribution < -0.4 is 4.74 Å². The van der Waals surface area contributed by atoms with E-state index >= 15 is 0 Å². The van der Waals surface area contributed by atoms with Crippen LogP contribution in [0.4, 0.5) is 0 Å². The Morgan fingerprint density at radius 2 is 1.83 bits per heavy atom. The normalized spacial score (nSPS) is 17.9. The van der Waals surface area contributed by atoms with E-state index in [0.29, 0.717) is 6.61 Å². The molecule has 0 bridgehead atoms. The van der Waals surface area contributed by atoms with Gasteiger partial charge in [0, 0.05) is 13.2 Å². The summed E-state index contributed by atoms with van der Waals surface area (Å²) in [6, 6.07) is 8.14. The van der Waals surface area contributed by atoms with Gasteiger partial charge in [0.15, 0.2) is 0 Å². The third kappa shape index (κ3) is 5.79. The minimum Gasteiger partial charge on any atom is -0.491 e. The Bertz CT molecular complexity index is 449. The monoisotopic (exact) mass is 322 g/mol. The van der Waals surface area contributed by atoms with E-state index in [9.17, 15) is 5.11 Å². The van der Waals surface area contributed by atoms with E-state index in [0.717, 1.165) is 38.2 Å². The van der Waals surface area contributed by atoms with E-state index < -0.39 is 6.10 Å². The molecule has 0 amide bonds. The smallest absolute Gasteiger partial charge is 0.119 e. The summed E-state index contributed by atoms with van der Waals surface area (Å²) < 4.78 is 16.6. The first kappa shape index (κ1) is 18.2. The van der Waals surface area contributed by atoms with Crippen molar-refractivity contribution >= 4 is 0 Å². The number of aliphatic hydroxyl groups is 1. The van der Waals surface area contributed by atoms with Gasteiger partial charge in [-0.2, -0.15) is 0 Å². The Morgan fingerprint density at radius 1 is 1.17 bits per heavy atom. The third-order valence-electron chi connectivity index (χ3n) is 4.65. The van der Waals surface area contributed by atoms with Crippen LogP contribution in [-0.2, 0) is 14.9 Å². The summed E-state index contributed by atoms with van der Waals surface area (Å²) in [5, 5.41) is 9.98. The lowest BCUT2D eigenvalue weighted by Crippen LogP contribution is -2.30. The summed E-state index contributed by atoms with van der Waals surface area (Å²) in [5.74, 6) is 0.783. The summed E-state index contributed by atoms with van der Waals surface area (Å²) in [6.45, 7) is 8.72. The van der Waals surface area contributed by atoms with Crippen molar-refractivity contribution in [2.45, 2.75) is 57.7 Å². The lowest BCUT2D eigenvalue weighted by atomic mass is 9.82. The average molecular weight is 322 g/mol. The maximum atomic E-state index is 9.98. The summed E-state index contributed by atoms with van der Waals surface area (Å²) in [4.78, 5) is 0. The highest BCUT2D eigenvalue weighted by atomic mass is 16.5. The van der Waals surface area contributed by atoms with Crippen molar-refractivity contribution in [2.24, 2.45) is 0 Å². The zero-order chi connectivity index (χ0) is 16.7. The van der Waals surface area contributed by atoms with Gasteiger partial charge in [-0.1, -0.05) is 32.9 Å². The van der Waals surface area contributed by atoms with Gasteiger partial charge >= 0.3 is 0 Å². The molecule has 1 heterocycles. The molecule has 1 saturated heterocycles. The number of hydrogen-bond donors (Lipinski definition) is 1. The molecule has 1 atom stereocenters. The summed E-state index contributed by atoms with van der Waals surface area (Å²) in [5.41, 5.74) is 1.48. The van der Waals surface area contributed by atoms with Gasteiger partial charge < -0.3 is 19.3 Å². The first-order chi connectivity index (χ1) is 11.0. The molecule has 4 heteroatoms. The van der Waals surface area contributed by atoms with Crippen molar-refractivity contribution in [3.8, 4) is 5.75 Å². The molecule has 0 saturated carbocycles. The van der Waals surface area contributed by atoms with Gasteiger partial charge in [-0.15, -0.1) is 0 Å². The molecule has 2 rings (SSSR count). The van der Waals surface area contributed by atoms with Crippen molar-refractivity contribution in [3.63, 3.8) is 0 Å². The summed E-state index contributed by atoms with van der Waals surface area (Å²) in [7, 11) is 0. The van der Waals surface area contributed by atoms with E-state index in [1.54, 1.807) is 0 Å². The Balaban J connectivity index is 1.72. The predicted octanol–water partition coefficient (Wildman–Crippen LogP) is 3.31. The molecule has 1 aromatic carbocycles. The maximum absolute atomic E-state index is 9.98. The minimum atomic E-state index is -0.607. The first-order valence-electron chi connectivity index (χ1n) is 8.62. The Labute approximate surface area is 139 Å². The van der Waals surface area contributed by atoms with E-state index in [4.69, 9.17) is 14.2 Å². The number of benzene rings is 1. The van der Waals surface area contributed by atoms with Crippen molar-refractivity contribution in [2.75, 3.05) is 26.4 Å². The Kier molecular flexibility index (Phi) is 6.88. The second kappa shape index (κ2) is 8.67. The molecule has 1 N–H and O–H groups in total. The molecule has 130 valence electrons. The summed E-state index contributed by atoms with van der Waals surface area (Å²) >= 11 is 0. The van der Waals surface area contributed by atoms with Crippen molar-refractivity contribution in [1.82, 2.24) is 0 Å². The van der Waals surface area contributed by atoms with Crippen LogP contribution in [0.5, 0.6) is 5.75 Å². The molecular weight excluding hydrogens is 292 g/mol. The molecule has 1 aromatic rings. The van der Waals surface area contributed by atoms with Crippen LogP contribution in [0.2, 0.25) is 0 Å². The molecule has 1 aliphatic heterocycles. The van der Waals surface area contributed by atoms with Gasteiger partial charge in [-0.05, 0) is 42.4 Å². The molecule has 23 heavy (non-hydrogen) atoms. The van der Waals surface area contributed by atoms with Gasteiger partial charge in [0.1, 0.15) is 18.5 Å². The number of rotatable bonds is 8. The zero-order valence-corrected chi connectivity index (χ0v) is 14.6. The highest BCUT2D eigenvalue weighted by molar-refractivity contribution is 5.31. The van der Waals surface area contributed by atoms with Gasteiger partial charge in [-0.3, -0.25) is 0 Å². The quantitative estimate of drug-likeness (QED) is 0.798. The molecule has 0 aliphatic carbocycles. The first-order valence-corrected chi connectivity index (χ1v) is 8.62. The number of hydrogen-bond acceptors (Lipinski definition) is 4. The van der Waals surface area contributed by atoms with E-state index in [1.807, 2.05) is 12.1 Å². The Morgan fingerprint density at radius 3 is 2.43 bits per heavy atom.